The van der Waals surface area contributed by atoms with Crippen molar-refractivity contribution in [3.63, 3.8) is 0 Å². The van der Waals surface area contributed by atoms with E-state index in [-0.39, 0.29) is 0 Å². The van der Waals surface area contributed by atoms with Crippen molar-refractivity contribution in [1.29, 1.82) is 0 Å². The molecule has 0 N–H and O–H groups in total. The maximum Gasteiger partial charge on any atom is 0.160 e. The summed E-state index contributed by atoms with van der Waals surface area (Å²) in [5.41, 5.74) is 5.99. The van der Waals surface area contributed by atoms with Crippen LogP contribution in [0, 0.1) is 0 Å². The molecule has 3 heterocycles. The fourth-order valence-corrected chi connectivity index (χ4v) is 4.05. The molecule has 0 aliphatic carbocycles. The first-order valence-corrected chi connectivity index (χ1v) is 10.0. The minimum atomic E-state index is 0.740. The summed E-state index contributed by atoms with van der Waals surface area (Å²) >= 11 is 0. The summed E-state index contributed by atoms with van der Waals surface area (Å²) in [6.07, 6.45) is 1.82. The van der Waals surface area contributed by atoms with Gasteiger partial charge in [0.25, 0.3) is 0 Å². The van der Waals surface area contributed by atoms with Crippen LogP contribution in [0.4, 0.5) is 0 Å². The van der Waals surface area contributed by atoms with E-state index in [0.29, 0.717) is 0 Å². The van der Waals surface area contributed by atoms with Crippen LogP contribution in [-0.2, 0) is 6.54 Å². The van der Waals surface area contributed by atoms with Crippen molar-refractivity contribution in [3.05, 3.63) is 103 Å². The van der Waals surface area contributed by atoms with E-state index in [9.17, 15) is 0 Å². The van der Waals surface area contributed by atoms with Crippen LogP contribution in [0.2, 0.25) is 0 Å². The summed E-state index contributed by atoms with van der Waals surface area (Å²) in [7, 11) is 0. The molecule has 4 nitrogen and oxygen atoms in total. The van der Waals surface area contributed by atoms with E-state index >= 15 is 0 Å². The molecule has 0 amide bonds. The van der Waals surface area contributed by atoms with Crippen LogP contribution in [-0.4, -0.2) is 19.5 Å². The molecule has 0 fully saturated rings. The van der Waals surface area contributed by atoms with Gasteiger partial charge >= 0.3 is 0 Å². The van der Waals surface area contributed by atoms with Gasteiger partial charge in [0.2, 0.25) is 0 Å². The van der Waals surface area contributed by atoms with Crippen LogP contribution in [0.15, 0.2) is 97.2 Å². The third-order valence-corrected chi connectivity index (χ3v) is 5.50. The molecule has 142 valence electrons. The normalized spacial score (nSPS) is 11.5. The first-order valence-electron chi connectivity index (χ1n) is 10.0. The third kappa shape index (κ3) is 2.73. The second-order valence-electron chi connectivity index (χ2n) is 7.40. The quantitative estimate of drug-likeness (QED) is 0.359. The van der Waals surface area contributed by atoms with Crippen LogP contribution in [0.25, 0.3) is 44.4 Å². The molecule has 0 atom stereocenters. The Morgan fingerprint density at radius 1 is 0.633 bits per heavy atom. The van der Waals surface area contributed by atoms with E-state index in [1.165, 1.54) is 5.56 Å². The van der Waals surface area contributed by atoms with Gasteiger partial charge in [-0.05, 0) is 29.8 Å². The van der Waals surface area contributed by atoms with Crippen LogP contribution in [0.1, 0.15) is 5.56 Å². The molecule has 0 spiro atoms. The molecule has 6 rings (SSSR count). The smallest absolute Gasteiger partial charge is 0.160 e. The Bertz CT molecular complexity index is 1520. The molecule has 3 aromatic carbocycles. The minimum Gasteiger partial charge on any atom is -0.318 e. The largest absolute Gasteiger partial charge is 0.318 e. The molecular formula is C26H18N4. The Balaban J connectivity index is 1.60. The summed E-state index contributed by atoms with van der Waals surface area (Å²) in [4.78, 5) is 14.6. The summed E-state index contributed by atoms with van der Waals surface area (Å²) in [5, 5.41) is 2.17. The van der Waals surface area contributed by atoms with Crippen molar-refractivity contribution in [2.24, 2.45) is 0 Å². The highest BCUT2D eigenvalue weighted by Gasteiger charge is 2.15. The van der Waals surface area contributed by atoms with E-state index in [0.717, 1.165) is 50.9 Å². The fraction of sp³-hybridized carbons (Fsp3) is 0.0385. The van der Waals surface area contributed by atoms with Gasteiger partial charge in [-0.15, -0.1) is 0 Å². The molecule has 0 unspecified atom stereocenters. The van der Waals surface area contributed by atoms with Gasteiger partial charge < -0.3 is 4.57 Å². The lowest BCUT2D eigenvalue weighted by molar-refractivity contribution is 0.831. The number of fused-ring (bicyclic) bond motifs is 4. The molecule has 3 aromatic heterocycles. The molecular weight excluding hydrogens is 368 g/mol. The predicted octanol–water partition coefficient (Wildman–Crippen LogP) is 5.85. The van der Waals surface area contributed by atoms with Crippen molar-refractivity contribution < 1.29 is 0 Å². The number of hydrogen-bond acceptors (Lipinski definition) is 3. The van der Waals surface area contributed by atoms with Crippen LogP contribution < -0.4 is 0 Å². The number of pyridine rings is 2. The van der Waals surface area contributed by atoms with E-state index in [4.69, 9.17) is 9.97 Å². The van der Waals surface area contributed by atoms with E-state index in [1.54, 1.807) is 0 Å². The highest BCUT2D eigenvalue weighted by atomic mass is 15.1. The molecule has 6 aromatic rings. The van der Waals surface area contributed by atoms with Crippen molar-refractivity contribution in [1.82, 2.24) is 19.5 Å². The van der Waals surface area contributed by atoms with Crippen LogP contribution in [0.5, 0.6) is 0 Å². The number of imidazole rings is 1. The molecule has 0 aliphatic heterocycles. The first kappa shape index (κ1) is 16.9. The van der Waals surface area contributed by atoms with Crippen molar-refractivity contribution in [2.75, 3.05) is 0 Å². The average molecular weight is 386 g/mol. The van der Waals surface area contributed by atoms with Gasteiger partial charge in [-0.3, -0.25) is 4.98 Å². The van der Waals surface area contributed by atoms with Gasteiger partial charge in [-0.25, -0.2) is 9.97 Å². The molecule has 0 saturated carbocycles. The van der Waals surface area contributed by atoms with Crippen LogP contribution in [0.3, 0.4) is 0 Å². The first-order chi connectivity index (χ1) is 14.9. The van der Waals surface area contributed by atoms with E-state index in [2.05, 4.69) is 82.3 Å². The Kier molecular flexibility index (Phi) is 3.81. The molecule has 0 bridgehead atoms. The lowest BCUT2D eigenvalue weighted by Crippen LogP contribution is -2.03. The standard InChI is InChI=1S/C26H18N4/c1-2-7-18(8-3-1)17-30-23-11-5-4-10-21(23)29-26(30)22-15-14-20-13-12-19-9-6-16-27-24(19)25(20)28-22/h1-16H,17H2. The van der Waals surface area contributed by atoms with E-state index < -0.39 is 0 Å². The topological polar surface area (TPSA) is 43.6 Å². The zero-order valence-corrected chi connectivity index (χ0v) is 16.2. The fourth-order valence-electron chi connectivity index (χ4n) is 4.05. The maximum absolute atomic E-state index is 5.03. The molecule has 0 saturated heterocycles. The van der Waals surface area contributed by atoms with Gasteiger partial charge in [0.05, 0.1) is 22.1 Å². The number of benzene rings is 3. The van der Waals surface area contributed by atoms with E-state index in [1.807, 2.05) is 24.4 Å². The second kappa shape index (κ2) is 6.78. The SMILES string of the molecule is c1ccc(Cn2c(-c3ccc4ccc5cccnc5c4n3)nc3ccccc32)cc1. The van der Waals surface area contributed by atoms with Crippen molar-refractivity contribution in [3.8, 4) is 11.5 Å². The zero-order chi connectivity index (χ0) is 19.9. The highest BCUT2D eigenvalue weighted by Crippen LogP contribution is 2.28. The zero-order valence-electron chi connectivity index (χ0n) is 16.2. The van der Waals surface area contributed by atoms with Gasteiger partial charge in [-0.1, -0.05) is 66.7 Å². The monoisotopic (exact) mass is 386 g/mol. The highest BCUT2D eigenvalue weighted by molar-refractivity contribution is 6.03. The van der Waals surface area contributed by atoms with Crippen molar-refractivity contribution >= 4 is 32.8 Å². The van der Waals surface area contributed by atoms with Crippen molar-refractivity contribution in [2.45, 2.75) is 6.54 Å². The van der Waals surface area contributed by atoms with Gasteiger partial charge in [0, 0.05) is 23.5 Å². The Morgan fingerprint density at radius 2 is 1.40 bits per heavy atom. The van der Waals surface area contributed by atoms with Gasteiger partial charge in [-0.2, -0.15) is 0 Å². The third-order valence-electron chi connectivity index (χ3n) is 5.50. The summed E-state index contributed by atoms with van der Waals surface area (Å²) in [6, 6.07) is 31.1. The Morgan fingerprint density at radius 3 is 2.30 bits per heavy atom. The Labute approximate surface area is 173 Å². The number of hydrogen-bond donors (Lipinski definition) is 0. The average Bonchev–Trinajstić information content (AvgIpc) is 3.18. The van der Waals surface area contributed by atoms with Gasteiger partial charge in [0.1, 0.15) is 5.69 Å². The lowest BCUT2D eigenvalue weighted by Gasteiger charge is -2.10. The van der Waals surface area contributed by atoms with Crippen LogP contribution >= 0.6 is 0 Å². The maximum atomic E-state index is 5.03. The summed E-state index contributed by atoms with van der Waals surface area (Å²) in [6.45, 7) is 0.740. The molecule has 30 heavy (non-hydrogen) atoms. The second-order valence-corrected chi connectivity index (χ2v) is 7.40. The number of aromatic nitrogens is 4. The summed E-state index contributed by atoms with van der Waals surface area (Å²) in [5.74, 6) is 0.870. The minimum absolute atomic E-state index is 0.740. The molecule has 0 aliphatic rings. The Hall–Kier alpha value is -4.05. The predicted molar refractivity (Wildman–Crippen MR) is 121 cm³/mol. The number of rotatable bonds is 3. The van der Waals surface area contributed by atoms with Gasteiger partial charge in [0.15, 0.2) is 5.82 Å². The molecule has 4 heteroatoms. The lowest BCUT2D eigenvalue weighted by atomic mass is 10.1. The molecule has 0 radical (unpaired) electrons. The number of nitrogens with zero attached hydrogens (tertiary/aromatic N) is 4. The number of para-hydroxylation sites is 2. The summed E-state index contributed by atoms with van der Waals surface area (Å²) < 4.78 is 2.25.